The van der Waals surface area contributed by atoms with Crippen LogP contribution in [0.15, 0.2) is 70.5 Å². The number of hydrogen-bond acceptors (Lipinski definition) is 5. The predicted molar refractivity (Wildman–Crippen MR) is 98.5 cm³/mol. The molecule has 8 nitrogen and oxygen atoms in total. The fourth-order valence-electron chi connectivity index (χ4n) is 1.88. The van der Waals surface area contributed by atoms with Crippen molar-refractivity contribution in [2.75, 3.05) is 10.0 Å². The van der Waals surface area contributed by atoms with Crippen LogP contribution in [0.25, 0.3) is 0 Å². The van der Waals surface area contributed by atoms with E-state index < -0.39 is 20.0 Å². The third kappa shape index (κ3) is 4.91. The van der Waals surface area contributed by atoms with Crippen LogP contribution in [0, 0.1) is 0 Å². The first kappa shape index (κ1) is 19.6. The minimum absolute atomic E-state index is 0.0265. The highest BCUT2D eigenvalue weighted by atomic mass is 32.2. The zero-order chi connectivity index (χ0) is 19.5. The minimum Gasteiger partial charge on any atom is -0.322 e. The summed E-state index contributed by atoms with van der Waals surface area (Å²) in [7, 11) is -7.74. The number of rotatable bonds is 6. The van der Waals surface area contributed by atoms with Crippen LogP contribution in [-0.4, -0.2) is 22.7 Å². The molecule has 0 spiro atoms. The molecule has 0 aromatic heterocycles. The van der Waals surface area contributed by atoms with Crippen molar-refractivity contribution < 1.29 is 21.6 Å². The zero-order valence-corrected chi connectivity index (χ0v) is 15.4. The van der Waals surface area contributed by atoms with Crippen LogP contribution in [0.3, 0.4) is 0 Å². The molecule has 0 radical (unpaired) electrons. The van der Waals surface area contributed by atoms with E-state index in [9.17, 15) is 21.6 Å². The van der Waals surface area contributed by atoms with Gasteiger partial charge in [0.05, 0.1) is 9.79 Å². The summed E-state index contributed by atoms with van der Waals surface area (Å²) < 4.78 is 49.5. The highest BCUT2D eigenvalue weighted by molar-refractivity contribution is 7.92. The Labute approximate surface area is 151 Å². The van der Waals surface area contributed by atoms with Crippen molar-refractivity contribution in [1.82, 2.24) is 0 Å². The molecule has 0 aliphatic carbocycles. The first-order valence-corrected chi connectivity index (χ1v) is 10.2. The molecule has 0 saturated carbocycles. The Morgan fingerprint density at radius 1 is 0.885 bits per heavy atom. The van der Waals surface area contributed by atoms with Gasteiger partial charge in [-0.3, -0.25) is 9.52 Å². The summed E-state index contributed by atoms with van der Waals surface area (Å²) in [5.74, 6) is -0.367. The zero-order valence-electron chi connectivity index (χ0n) is 13.8. The lowest BCUT2D eigenvalue weighted by Gasteiger charge is -2.10. The molecule has 10 heteroatoms. The first-order chi connectivity index (χ1) is 12.0. The van der Waals surface area contributed by atoms with Crippen molar-refractivity contribution >= 4 is 37.3 Å². The number of nitrogens with one attached hydrogen (secondary N) is 2. The number of carbonyl (C=O) groups excluding carboxylic acids is 1. The largest absolute Gasteiger partial charge is 0.322 e. The van der Waals surface area contributed by atoms with Crippen molar-refractivity contribution in [2.24, 2.45) is 5.14 Å². The number of hydrogen-bond donors (Lipinski definition) is 3. The van der Waals surface area contributed by atoms with Gasteiger partial charge in [-0.05, 0) is 55.5 Å². The van der Waals surface area contributed by atoms with Gasteiger partial charge in [0, 0.05) is 16.9 Å². The maximum atomic E-state index is 12.4. The second-order valence-corrected chi connectivity index (χ2v) is 8.68. The number of primary sulfonamides is 1. The van der Waals surface area contributed by atoms with Gasteiger partial charge in [0.15, 0.2) is 0 Å². The maximum absolute atomic E-state index is 12.4. The summed E-state index contributed by atoms with van der Waals surface area (Å²) in [6, 6.07) is 10.5. The molecule has 2 rings (SSSR count). The van der Waals surface area contributed by atoms with Crippen LogP contribution < -0.4 is 15.2 Å². The average molecular weight is 395 g/mol. The van der Waals surface area contributed by atoms with E-state index in [1.165, 1.54) is 48.5 Å². The molecule has 26 heavy (non-hydrogen) atoms. The van der Waals surface area contributed by atoms with Crippen molar-refractivity contribution in [3.63, 3.8) is 0 Å². The van der Waals surface area contributed by atoms with E-state index in [1.54, 1.807) is 6.92 Å². The maximum Gasteiger partial charge on any atom is 0.261 e. The Morgan fingerprint density at radius 2 is 1.35 bits per heavy atom. The van der Waals surface area contributed by atoms with E-state index in [0.717, 1.165) is 0 Å². The molecule has 0 heterocycles. The number of sulfonamides is 2. The molecule has 0 bridgehead atoms. The standard InChI is InChI=1S/C16H17N3O5S2/c1-11(2)16(20)18-12-3-9-15(10-4-12)26(23,24)19-13-5-7-14(8-6-13)25(17,21)22/h3-10,19H,1H2,2H3,(H,18,20)(H2,17,21,22). The van der Waals surface area contributed by atoms with E-state index in [1.807, 2.05) is 0 Å². The fraction of sp³-hybridized carbons (Fsp3) is 0.0625. The minimum atomic E-state index is -3.88. The number of nitrogens with two attached hydrogens (primary N) is 1. The fourth-order valence-corrected chi connectivity index (χ4v) is 3.46. The topological polar surface area (TPSA) is 135 Å². The van der Waals surface area contributed by atoms with E-state index in [0.29, 0.717) is 11.3 Å². The van der Waals surface area contributed by atoms with Gasteiger partial charge in [-0.15, -0.1) is 0 Å². The second kappa shape index (κ2) is 7.28. The summed E-state index contributed by atoms with van der Waals surface area (Å²) in [5.41, 5.74) is 0.929. The van der Waals surface area contributed by atoms with Crippen LogP contribution >= 0.6 is 0 Å². The summed E-state index contributed by atoms with van der Waals surface area (Å²) in [5, 5.41) is 7.56. The first-order valence-electron chi connectivity index (χ1n) is 7.22. The number of amides is 1. The molecule has 0 unspecified atom stereocenters. The summed E-state index contributed by atoms with van der Waals surface area (Å²) in [6.07, 6.45) is 0. The lowest BCUT2D eigenvalue weighted by Crippen LogP contribution is -2.15. The lowest BCUT2D eigenvalue weighted by molar-refractivity contribution is -0.112. The Morgan fingerprint density at radius 3 is 1.81 bits per heavy atom. The lowest BCUT2D eigenvalue weighted by atomic mass is 10.3. The third-order valence-corrected chi connectivity index (χ3v) is 5.57. The van der Waals surface area contributed by atoms with Crippen LogP contribution in [-0.2, 0) is 24.8 Å². The van der Waals surface area contributed by atoms with Crippen LogP contribution in [0.5, 0.6) is 0 Å². The second-order valence-electron chi connectivity index (χ2n) is 5.43. The van der Waals surface area contributed by atoms with Crippen molar-refractivity contribution in [3.8, 4) is 0 Å². The number of anilines is 2. The molecule has 0 aliphatic heterocycles. The van der Waals surface area contributed by atoms with Gasteiger partial charge >= 0.3 is 0 Å². The van der Waals surface area contributed by atoms with E-state index in [-0.39, 0.29) is 21.4 Å². The highest BCUT2D eigenvalue weighted by Crippen LogP contribution is 2.19. The average Bonchev–Trinajstić information content (AvgIpc) is 2.54. The van der Waals surface area contributed by atoms with Crippen LogP contribution in [0.4, 0.5) is 11.4 Å². The molecular weight excluding hydrogens is 378 g/mol. The summed E-state index contributed by atoms with van der Waals surface area (Å²) in [6.45, 7) is 5.07. The molecule has 4 N–H and O–H groups in total. The van der Waals surface area contributed by atoms with Crippen LogP contribution in [0.2, 0.25) is 0 Å². The molecule has 0 saturated heterocycles. The molecule has 1 amide bonds. The van der Waals surface area contributed by atoms with Gasteiger partial charge in [-0.2, -0.15) is 0 Å². The van der Waals surface area contributed by atoms with E-state index >= 15 is 0 Å². The third-order valence-electron chi connectivity index (χ3n) is 3.25. The molecular formula is C16H17N3O5S2. The Kier molecular flexibility index (Phi) is 5.50. The summed E-state index contributed by atoms with van der Waals surface area (Å²) in [4.78, 5) is 11.4. The molecule has 2 aromatic carbocycles. The van der Waals surface area contributed by atoms with E-state index in [2.05, 4.69) is 16.6 Å². The van der Waals surface area contributed by atoms with Gasteiger partial charge in [0.2, 0.25) is 10.0 Å². The SMILES string of the molecule is C=C(C)C(=O)Nc1ccc(S(=O)(=O)Nc2ccc(S(N)(=O)=O)cc2)cc1. The highest BCUT2D eigenvalue weighted by Gasteiger charge is 2.15. The Bertz CT molecular complexity index is 1040. The molecule has 138 valence electrons. The van der Waals surface area contributed by atoms with Crippen molar-refractivity contribution in [1.29, 1.82) is 0 Å². The van der Waals surface area contributed by atoms with Crippen molar-refractivity contribution in [3.05, 3.63) is 60.7 Å². The molecule has 0 fully saturated rings. The van der Waals surface area contributed by atoms with Gasteiger partial charge < -0.3 is 5.32 Å². The van der Waals surface area contributed by atoms with E-state index in [4.69, 9.17) is 5.14 Å². The normalized spacial score (nSPS) is 11.6. The Hall–Kier alpha value is -2.69. The van der Waals surface area contributed by atoms with Gasteiger partial charge in [0.1, 0.15) is 0 Å². The van der Waals surface area contributed by atoms with Crippen LogP contribution in [0.1, 0.15) is 6.92 Å². The van der Waals surface area contributed by atoms with Crippen molar-refractivity contribution in [2.45, 2.75) is 16.7 Å². The quantitative estimate of drug-likeness (QED) is 0.639. The molecule has 2 aromatic rings. The molecule has 0 atom stereocenters. The molecule has 0 aliphatic rings. The van der Waals surface area contributed by atoms with Gasteiger partial charge in [0.25, 0.3) is 15.9 Å². The van der Waals surface area contributed by atoms with Gasteiger partial charge in [-0.1, -0.05) is 6.58 Å². The smallest absolute Gasteiger partial charge is 0.261 e. The Balaban J connectivity index is 2.17. The predicted octanol–water partition coefficient (Wildman–Crippen LogP) is 1.65. The summed E-state index contributed by atoms with van der Waals surface area (Å²) >= 11 is 0. The monoisotopic (exact) mass is 395 g/mol. The number of benzene rings is 2. The van der Waals surface area contributed by atoms with Gasteiger partial charge in [-0.25, -0.2) is 22.0 Å². The number of carbonyl (C=O) groups is 1.